The van der Waals surface area contributed by atoms with Gasteiger partial charge in [-0.1, -0.05) is 30.3 Å². The first-order valence-corrected chi connectivity index (χ1v) is 10.2. The zero-order valence-corrected chi connectivity index (χ0v) is 16.9. The second-order valence-electron chi connectivity index (χ2n) is 7.45. The number of carbonyl (C=O) groups excluding carboxylic acids is 2. The van der Waals surface area contributed by atoms with Gasteiger partial charge in [0.15, 0.2) is 0 Å². The van der Waals surface area contributed by atoms with Crippen molar-refractivity contribution in [1.82, 2.24) is 4.90 Å². The highest BCUT2D eigenvalue weighted by Crippen LogP contribution is 2.32. The van der Waals surface area contributed by atoms with Crippen LogP contribution >= 0.6 is 0 Å². The molecule has 0 aromatic heterocycles. The number of nitrogens with zero attached hydrogens (tertiary/aromatic N) is 3. The number of hydrogen-bond donors (Lipinski definition) is 0. The second kappa shape index (κ2) is 8.75. The molecule has 2 heterocycles. The van der Waals surface area contributed by atoms with E-state index in [1.807, 2.05) is 31.2 Å². The Bertz CT molecular complexity index is 983. The Kier molecular flexibility index (Phi) is 5.90. The minimum absolute atomic E-state index is 0.0825. The maximum Gasteiger partial charge on any atom is 0.309 e. The average molecular weight is 409 g/mol. The zero-order chi connectivity index (χ0) is 21.1. The fourth-order valence-electron chi connectivity index (χ4n) is 3.94. The van der Waals surface area contributed by atoms with E-state index in [1.165, 1.54) is 6.07 Å². The predicted octanol–water partition coefficient (Wildman–Crippen LogP) is 3.53. The number of likely N-dealkylation sites (tertiary alicyclic amines) is 1. The van der Waals surface area contributed by atoms with E-state index in [4.69, 9.17) is 4.74 Å². The van der Waals surface area contributed by atoms with Crippen LogP contribution in [-0.2, 0) is 14.3 Å². The van der Waals surface area contributed by atoms with Crippen molar-refractivity contribution >= 4 is 29.0 Å². The molecule has 7 heteroatoms. The lowest BCUT2D eigenvalue weighted by atomic mass is 9.97. The number of piperidine rings is 1. The molecule has 0 atom stereocenters. The van der Waals surface area contributed by atoms with Gasteiger partial charge in [0.1, 0.15) is 11.5 Å². The molecule has 0 unspecified atom stereocenters. The van der Waals surface area contributed by atoms with Crippen molar-refractivity contribution in [3.8, 4) is 0 Å². The van der Waals surface area contributed by atoms with E-state index in [1.54, 1.807) is 23.1 Å². The van der Waals surface area contributed by atoms with Gasteiger partial charge < -0.3 is 4.74 Å². The largest absolute Gasteiger partial charge is 0.466 e. The van der Waals surface area contributed by atoms with E-state index in [9.17, 15) is 14.0 Å². The fraction of sp³-hybridized carbons (Fsp3) is 0.348. The smallest absolute Gasteiger partial charge is 0.309 e. The monoisotopic (exact) mass is 409 g/mol. The van der Waals surface area contributed by atoms with Crippen molar-refractivity contribution in [2.75, 3.05) is 31.3 Å². The number of para-hydroxylation sites is 2. The SMILES string of the molecule is CCOC(=O)C1CCN(CN2C(=O)C(=Nc3ccccc3F)c3ccccc32)CC1. The summed E-state index contributed by atoms with van der Waals surface area (Å²) in [5.74, 6) is -0.929. The van der Waals surface area contributed by atoms with Crippen LogP contribution in [-0.4, -0.2) is 48.9 Å². The van der Waals surface area contributed by atoms with Crippen molar-refractivity contribution in [2.24, 2.45) is 10.9 Å². The second-order valence-corrected chi connectivity index (χ2v) is 7.45. The number of amides is 1. The molecule has 156 valence electrons. The van der Waals surface area contributed by atoms with Gasteiger partial charge in [-0.3, -0.25) is 19.4 Å². The maximum atomic E-state index is 14.1. The third kappa shape index (κ3) is 3.98. The number of esters is 1. The first kappa shape index (κ1) is 20.2. The summed E-state index contributed by atoms with van der Waals surface area (Å²) in [6.45, 7) is 4.01. The molecule has 0 saturated carbocycles. The third-order valence-electron chi connectivity index (χ3n) is 5.53. The number of benzene rings is 2. The van der Waals surface area contributed by atoms with Crippen molar-refractivity contribution in [3.63, 3.8) is 0 Å². The number of fused-ring (bicyclic) bond motifs is 1. The van der Waals surface area contributed by atoms with Gasteiger partial charge in [-0.2, -0.15) is 0 Å². The highest BCUT2D eigenvalue weighted by Gasteiger charge is 2.36. The minimum Gasteiger partial charge on any atom is -0.466 e. The topological polar surface area (TPSA) is 62.2 Å². The van der Waals surface area contributed by atoms with Gasteiger partial charge >= 0.3 is 5.97 Å². The predicted molar refractivity (Wildman–Crippen MR) is 112 cm³/mol. The van der Waals surface area contributed by atoms with Crippen LogP contribution in [0.3, 0.4) is 0 Å². The average Bonchev–Trinajstić information content (AvgIpc) is 3.02. The summed E-state index contributed by atoms with van der Waals surface area (Å²) < 4.78 is 19.2. The Labute approximate surface area is 175 Å². The van der Waals surface area contributed by atoms with Crippen LogP contribution in [0, 0.1) is 11.7 Å². The van der Waals surface area contributed by atoms with Crippen molar-refractivity contribution in [2.45, 2.75) is 19.8 Å². The molecule has 0 aliphatic carbocycles. The molecule has 4 rings (SSSR count). The normalized spacial score (nSPS) is 18.7. The van der Waals surface area contributed by atoms with Gasteiger partial charge in [-0.25, -0.2) is 9.38 Å². The number of rotatable bonds is 5. The first-order chi connectivity index (χ1) is 14.6. The van der Waals surface area contributed by atoms with Crippen LogP contribution in [0.1, 0.15) is 25.3 Å². The first-order valence-electron chi connectivity index (χ1n) is 10.2. The van der Waals surface area contributed by atoms with Crippen LogP contribution in [0.15, 0.2) is 53.5 Å². The number of halogens is 1. The molecule has 6 nitrogen and oxygen atoms in total. The van der Waals surface area contributed by atoms with Gasteiger partial charge in [0, 0.05) is 18.7 Å². The highest BCUT2D eigenvalue weighted by molar-refractivity contribution is 6.54. The Balaban J connectivity index is 1.52. The quantitative estimate of drug-likeness (QED) is 0.709. The molecule has 0 N–H and O–H groups in total. The Morgan fingerprint density at radius 1 is 1.13 bits per heavy atom. The summed E-state index contributed by atoms with van der Waals surface area (Å²) >= 11 is 0. The number of hydrogen-bond acceptors (Lipinski definition) is 5. The lowest BCUT2D eigenvalue weighted by molar-refractivity contribution is -0.149. The summed E-state index contributed by atoms with van der Waals surface area (Å²) in [6.07, 6.45) is 1.41. The number of anilines is 1. The van der Waals surface area contributed by atoms with E-state index in [0.717, 1.165) is 5.69 Å². The molecule has 1 saturated heterocycles. The standard InChI is InChI=1S/C23H24FN3O3/c1-2-30-23(29)16-11-13-26(14-12-16)15-27-20-10-6-3-7-17(20)21(22(27)28)25-19-9-5-4-8-18(19)24/h3-10,16H,2,11-15H2,1H3. The van der Waals surface area contributed by atoms with Gasteiger partial charge in [0.05, 0.1) is 30.6 Å². The summed E-state index contributed by atoms with van der Waals surface area (Å²) in [5, 5.41) is 0. The molecule has 0 bridgehead atoms. The lowest BCUT2D eigenvalue weighted by Crippen LogP contribution is -2.45. The highest BCUT2D eigenvalue weighted by atomic mass is 19.1. The molecule has 1 amide bonds. The van der Waals surface area contributed by atoms with E-state index in [-0.39, 0.29) is 29.2 Å². The van der Waals surface area contributed by atoms with Crippen molar-refractivity contribution in [3.05, 3.63) is 59.9 Å². The van der Waals surface area contributed by atoms with Crippen LogP contribution in [0.4, 0.5) is 15.8 Å². The lowest BCUT2D eigenvalue weighted by Gasteiger charge is -2.33. The minimum atomic E-state index is -0.463. The molecule has 2 aliphatic rings. The molecular weight excluding hydrogens is 385 g/mol. The third-order valence-corrected chi connectivity index (χ3v) is 5.53. The number of carbonyl (C=O) groups is 2. The molecular formula is C23H24FN3O3. The Morgan fingerprint density at radius 2 is 1.83 bits per heavy atom. The summed E-state index contributed by atoms with van der Waals surface area (Å²) in [5.41, 5.74) is 1.86. The van der Waals surface area contributed by atoms with Crippen LogP contribution in [0.5, 0.6) is 0 Å². The molecule has 0 radical (unpaired) electrons. The van der Waals surface area contributed by atoms with E-state index in [0.29, 0.717) is 44.8 Å². The fourth-order valence-corrected chi connectivity index (χ4v) is 3.94. The Hall–Kier alpha value is -3.06. The van der Waals surface area contributed by atoms with Gasteiger partial charge in [0.2, 0.25) is 0 Å². The van der Waals surface area contributed by atoms with E-state index < -0.39 is 5.82 Å². The number of ether oxygens (including phenoxy) is 1. The van der Waals surface area contributed by atoms with E-state index in [2.05, 4.69) is 9.89 Å². The van der Waals surface area contributed by atoms with Crippen molar-refractivity contribution < 1.29 is 18.7 Å². The molecule has 2 aromatic carbocycles. The zero-order valence-electron chi connectivity index (χ0n) is 16.9. The number of aliphatic imine (C=N–C) groups is 1. The summed E-state index contributed by atoms with van der Waals surface area (Å²) in [6, 6.07) is 13.6. The van der Waals surface area contributed by atoms with Crippen molar-refractivity contribution in [1.29, 1.82) is 0 Å². The summed E-state index contributed by atoms with van der Waals surface area (Å²) in [7, 11) is 0. The van der Waals surface area contributed by atoms with Crippen LogP contribution in [0.25, 0.3) is 0 Å². The molecule has 2 aliphatic heterocycles. The molecule has 0 spiro atoms. The van der Waals surface area contributed by atoms with Gasteiger partial charge in [-0.05, 0) is 38.0 Å². The van der Waals surface area contributed by atoms with Crippen LogP contribution in [0.2, 0.25) is 0 Å². The molecule has 1 fully saturated rings. The molecule has 30 heavy (non-hydrogen) atoms. The molecule has 2 aromatic rings. The Morgan fingerprint density at radius 3 is 2.57 bits per heavy atom. The summed E-state index contributed by atoms with van der Waals surface area (Å²) in [4.78, 5) is 33.3. The van der Waals surface area contributed by atoms with Crippen LogP contribution < -0.4 is 4.90 Å². The van der Waals surface area contributed by atoms with Gasteiger partial charge in [0.25, 0.3) is 5.91 Å². The van der Waals surface area contributed by atoms with Gasteiger partial charge in [-0.15, -0.1) is 0 Å². The van der Waals surface area contributed by atoms with E-state index >= 15 is 0 Å². The maximum absolute atomic E-state index is 14.1.